The summed E-state index contributed by atoms with van der Waals surface area (Å²) in [5.41, 5.74) is -3.93. The highest BCUT2D eigenvalue weighted by Crippen LogP contribution is 2.44. The van der Waals surface area contributed by atoms with Crippen molar-refractivity contribution in [3.63, 3.8) is 0 Å². The van der Waals surface area contributed by atoms with E-state index in [9.17, 15) is 24.9 Å². The molecule has 1 amide bonds. The number of carboxylic acids is 1. The highest BCUT2D eigenvalue weighted by Gasteiger charge is 2.69. The fourth-order valence-corrected chi connectivity index (χ4v) is 4.32. The van der Waals surface area contributed by atoms with Crippen molar-refractivity contribution in [3.05, 3.63) is 12.2 Å². The Hall–Kier alpha value is -1.40. The first kappa shape index (κ1) is 19.9. The molecule has 5 unspecified atom stereocenters. The second kappa shape index (κ2) is 7.87. The molecule has 1 fully saturated rings. The topological polar surface area (TPSA) is 107 Å². The Bertz CT molecular complexity index is 530. The molecule has 4 N–H and O–H groups in total. The van der Waals surface area contributed by atoms with Gasteiger partial charge >= 0.3 is 5.97 Å². The summed E-state index contributed by atoms with van der Waals surface area (Å²) in [6, 6.07) is 0. The molecule has 5 atom stereocenters. The van der Waals surface area contributed by atoms with Crippen LogP contribution < -0.4 is 5.32 Å². The van der Waals surface area contributed by atoms with E-state index in [-0.39, 0.29) is 0 Å². The van der Waals surface area contributed by atoms with E-state index in [1.165, 1.54) is 6.92 Å². The van der Waals surface area contributed by atoms with E-state index in [1.54, 1.807) is 6.08 Å². The molecule has 1 aliphatic carbocycles. The molecule has 0 aromatic heterocycles. The summed E-state index contributed by atoms with van der Waals surface area (Å²) in [6.45, 7) is 3.46. The molecule has 0 radical (unpaired) electrons. The van der Waals surface area contributed by atoms with Gasteiger partial charge in [0, 0.05) is 5.92 Å². The maximum Gasteiger partial charge on any atom is 0.335 e. The zero-order valence-electron chi connectivity index (χ0n) is 15.2. The van der Waals surface area contributed by atoms with Gasteiger partial charge < -0.3 is 20.6 Å². The molecular weight excluding hydrogens is 322 g/mol. The molecule has 6 heteroatoms. The van der Waals surface area contributed by atoms with Crippen molar-refractivity contribution < 1.29 is 24.9 Å². The number of nitrogens with one attached hydrogen (secondary N) is 1. The van der Waals surface area contributed by atoms with Crippen LogP contribution in [0.1, 0.15) is 65.2 Å². The summed E-state index contributed by atoms with van der Waals surface area (Å²) in [6.07, 6.45) is 8.92. The van der Waals surface area contributed by atoms with Crippen molar-refractivity contribution >= 4 is 11.9 Å². The third kappa shape index (κ3) is 3.47. The van der Waals surface area contributed by atoms with Crippen LogP contribution in [0.5, 0.6) is 0 Å². The van der Waals surface area contributed by atoms with Gasteiger partial charge in [-0.2, -0.15) is 0 Å². The van der Waals surface area contributed by atoms with Gasteiger partial charge in [-0.25, -0.2) is 4.79 Å². The number of aliphatic hydroxyl groups is 2. The molecule has 2 aliphatic rings. The van der Waals surface area contributed by atoms with Crippen LogP contribution in [0.3, 0.4) is 0 Å². The Morgan fingerprint density at radius 2 is 2.12 bits per heavy atom. The summed E-state index contributed by atoms with van der Waals surface area (Å²) in [4.78, 5) is 24.6. The number of amides is 1. The predicted octanol–water partition coefficient (Wildman–Crippen LogP) is 1.99. The minimum absolute atomic E-state index is 0.393. The van der Waals surface area contributed by atoms with E-state index >= 15 is 0 Å². The maximum absolute atomic E-state index is 12.5. The van der Waals surface area contributed by atoms with Crippen molar-refractivity contribution in [2.45, 2.75) is 82.5 Å². The third-order valence-electron chi connectivity index (χ3n) is 5.94. The Labute approximate surface area is 149 Å². The molecule has 0 aromatic rings. The van der Waals surface area contributed by atoms with Gasteiger partial charge in [0.05, 0.1) is 12.0 Å². The molecule has 1 heterocycles. The first-order valence-electron chi connectivity index (χ1n) is 9.41. The Kier molecular flexibility index (Phi) is 6.27. The zero-order chi connectivity index (χ0) is 18.7. The summed E-state index contributed by atoms with van der Waals surface area (Å²) >= 11 is 0. The molecular formula is C19H31NO5. The highest BCUT2D eigenvalue weighted by atomic mass is 16.4. The number of aliphatic carboxylic acids is 1. The molecule has 0 spiro atoms. The van der Waals surface area contributed by atoms with Gasteiger partial charge in [-0.15, -0.1) is 0 Å². The average Bonchev–Trinajstić information content (AvgIpc) is 2.79. The summed E-state index contributed by atoms with van der Waals surface area (Å²) in [7, 11) is 0. The van der Waals surface area contributed by atoms with E-state index in [0.717, 1.165) is 38.5 Å². The number of rotatable bonds is 8. The van der Waals surface area contributed by atoms with Gasteiger partial charge in [0.25, 0.3) is 0 Å². The molecule has 0 aromatic carbocycles. The lowest BCUT2D eigenvalue weighted by Crippen LogP contribution is -2.70. The van der Waals surface area contributed by atoms with Crippen LogP contribution in [0.4, 0.5) is 0 Å². The lowest BCUT2D eigenvalue weighted by atomic mass is 9.68. The SMILES string of the molecule is CCCCCCC1C(=O)NC(C(=O)O)(C(O)C2C=CCCC2)C1(C)O. The monoisotopic (exact) mass is 353 g/mol. The van der Waals surface area contributed by atoms with E-state index in [0.29, 0.717) is 12.8 Å². The average molecular weight is 353 g/mol. The molecule has 0 bridgehead atoms. The minimum Gasteiger partial charge on any atom is -0.479 e. The summed E-state index contributed by atoms with van der Waals surface area (Å²) in [5.74, 6) is -3.09. The van der Waals surface area contributed by atoms with Crippen LogP contribution in [0.25, 0.3) is 0 Å². The quantitative estimate of drug-likeness (QED) is 0.394. The van der Waals surface area contributed by atoms with Crippen LogP contribution in [0.2, 0.25) is 0 Å². The van der Waals surface area contributed by atoms with Crippen LogP contribution in [0.15, 0.2) is 12.2 Å². The number of aliphatic hydroxyl groups excluding tert-OH is 1. The highest BCUT2D eigenvalue weighted by molar-refractivity contribution is 5.95. The smallest absolute Gasteiger partial charge is 0.335 e. The summed E-state index contributed by atoms with van der Waals surface area (Å²) in [5, 5.41) is 34.3. The number of unbranched alkanes of at least 4 members (excludes halogenated alkanes) is 3. The standard InChI is InChI=1S/C19H31NO5/c1-3-4-5-9-12-14-16(22)20-19(17(23)24,18(14,2)25)15(21)13-10-7-6-8-11-13/h7,10,13-15,21,25H,3-6,8-9,11-12H2,1-2H3,(H,20,22)(H,23,24). The van der Waals surface area contributed by atoms with Crippen LogP contribution in [-0.2, 0) is 9.59 Å². The van der Waals surface area contributed by atoms with Crippen LogP contribution in [-0.4, -0.2) is 44.4 Å². The van der Waals surface area contributed by atoms with E-state index in [1.807, 2.05) is 6.08 Å². The first-order valence-corrected chi connectivity index (χ1v) is 9.41. The van der Waals surface area contributed by atoms with Gasteiger partial charge in [0.1, 0.15) is 5.60 Å². The van der Waals surface area contributed by atoms with Crippen LogP contribution >= 0.6 is 0 Å². The third-order valence-corrected chi connectivity index (χ3v) is 5.94. The zero-order valence-corrected chi connectivity index (χ0v) is 15.2. The molecule has 1 saturated heterocycles. The molecule has 6 nitrogen and oxygen atoms in total. The van der Waals surface area contributed by atoms with Crippen LogP contribution in [0, 0.1) is 11.8 Å². The lowest BCUT2D eigenvalue weighted by molar-refractivity contribution is -0.170. The Balaban J connectivity index is 2.27. The summed E-state index contributed by atoms with van der Waals surface area (Å²) < 4.78 is 0. The number of carbonyl (C=O) groups excluding carboxylic acids is 1. The molecule has 0 saturated carbocycles. The number of carboxylic acid groups (broad SMARTS) is 1. The van der Waals surface area contributed by atoms with Gasteiger partial charge in [0.2, 0.25) is 5.91 Å². The molecule has 142 valence electrons. The van der Waals surface area contributed by atoms with Crippen molar-refractivity contribution in [2.75, 3.05) is 0 Å². The number of carbonyl (C=O) groups is 2. The largest absolute Gasteiger partial charge is 0.479 e. The molecule has 1 aliphatic heterocycles. The van der Waals surface area contributed by atoms with Gasteiger partial charge in [0.15, 0.2) is 5.54 Å². The lowest BCUT2D eigenvalue weighted by Gasteiger charge is -2.43. The van der Waals surface area contributed by atoms with E-state index < -0.39 is 41.0 Å². The van der Waals surface area contributed by atoms with Crippen molar-refractivity contribution in [3.8, 4) is 0 Å². The number of allylic oxidation sites excluding steroid dienone is 1. The van der Waals surface area contributed by atoms with Gasteiger partial charge in [-0.3, -0.25) is 4.79 Å². The number of hydrogen-bond acceptors (Lipinski definition) is 4. The normalized spacial score (nSPS) is 36.2. The first-order chi connectivity index (χ1) is 11.8. The predicted molar refractivity (Wildman–Crippen MR) is 93.9 cm³/mol. The van der Waals surface area contributed by atoms with Crippen molar-refractivity contribution in [2.24, 2.45) is 11.8 Å². The second-order valence-electron chi connectivity index (χ2n) is 7.62. The Morgan fingerprint density at radius 1 is 1.40 bits per heavy atom. The van der Waals surface area contributed by atoms with Crippen molar-refractivity contribution in [1.82, 2.24) is 5.32 Å². The molecule has 25 heavy (non-hydrogen) atoms. The number of hydrogen-bond donors (Lipinski definition) is 4. The maximum atomic E-state index is 12.5. The second-order valence-corrected chi connectivity index (χ2v) is 7.62. The molecule has 2 rings (SSSR count). The van der Waals surface area contributed by atoms with E-state index in [2.05, 4.69) is 12.2 Å². The minimum atomic E-state index is -2.08. The van der Waals surface area contributed by atoms with Crippen molar-refractivity contribution in [1.29, 1.82) is 0 Å². The van der Waals surface area contributed by atoms with E-state index in [4.69, 9.17) is 0 Å². The van der Waals surface area contributed by atoms with Gasteiger partial charge in [-0.1, -0.05) is 44.8 Å². The Morgan fingerprint density at radius 3 is 2.68 bits per heavy atom. The fourth-order valence-electron chi connectivity index (χ4n) is 4.32. The fraction of sp³-hybridized carbons (Fsp3) is 0.789. The van der Waals surface area contributed by atoms with Gasteiger partial charge in [-0.05, 0) is 32.6 Å².